The molecule has 2 fully saturated rings. The van der Waals surface area contributed by atoms with Crippen LogP contribution >= 0.6 is 12.4 Å². The van der Waals surface area contributed by atoms with Gasteiger partial charge in [-0.25, -0.2) is 0 Å². The highest BCUT2D eigenvalue weighted by molar-refractivity contribution is 5.85. The number of hydrogen-bond donors (Lipinski definition) is 2. The van der Waals surface area contributed by atoms with Gasteiger partial charge in [-0.2, -0.15) is 0 Å². The zero-order chi connectivity index (χ0) is 15.2. The van der Waals surface area contributed by atoms with E-state index in [9.17, 15) is 4.79 Å². The van der Waals surface area contributed by atoms with Gasteiger partial charge in [-0.3, -0.25) is 4.79 Å². The van der Waals surface area contributed by atoms with Gasteiger partial charge in [-0.1, -0.05) is 24.3 Å². The molecule has 3 rings (SSSR count). The number of ether oxygens (including phenoxy) is 2. The number of nitrogens with one attached hydrogen (secondary N) is 2. The van der Waals surface area contributed by atoms with Crippen LogP contribution in [-0.2, 0) is 27.4 Å². The molecule has 2 saturated heterocycles. The molecule has 2 N–H and O–H groups in total. The summed E-state index contributed by atoms with van der Waals surface area (Å²) in [5.74, 6) is 0.290. The summed E-state index contributed by atoms with van der Waals surface area (Å²) in [4.78, 5) is 11.8. The maximum atomic E-state index is 11.8. The predicted molar refractivity (Wildman–Crippen MR) is 90.5 cm³/mol. The summed E-state index contributed by atoms with van der Waals surface area (Å²) in [6.07, 6.45) is 2.30. The highest BCUT2D eigenvalue weighted by atomic mass is 35.5. The third-order valence-electron chi connectivity index (χ3n) is 4.30. The van der Waals surface area contributed by atoms with Gasteiger partial charge >= 0.3 is 0 Å². The molecule has 0 radical (unpaired) electrons. The number of carbonyl (C=O) groups is 1. The van der Waals surface area contributed by atoms with Gasteiger partial charge in [0.15, 0.2) is 0 Å². The Hall–Kier alpha value is -1.14. The lowest BCUT2D eigenvalue weighted by Gasteiger charge is -2.25. The number of benzene rings is 1. The number of hydrogen-bond acceptors (Lipinski definition) is 4. The summed E-state index contributed by atoms with van der Waals surface area (Å²) in [6, 6.07) is 8.27. The Morgan fingerprint density at radius 3 is 2.43 bits per heavy atom. The van der Waals surface area contributed by atoms with E-state index >= 15 is 0 Å². The van der Waals surface area contributed by atoms with Crippen LogP contribution in [0.15, 0.2) is 24.3 Å². The van der Waals surface area contributed by atoms with Crippen LogP contribution in [0.25, 0.3) is 0 Å². The van der Waals surface area contributed by atoms with E-state index in [1.165, 1.54) is 5.56 Å². The van der Waals surface area contributed by atoms with Crippen molar-refractivity contribution in [1.29, 1.82) is 0 Å². The minimum absolute atomic E-state index is 0. The molecule has 6 heteroatoms. The first-order valence-corrected chi connectivity index (χ1v) is 8.07. The molecule has 1 aromatic rings. The van der Waals surface area contributed by atoms with E-state index in [1.807, 2.05) is 0 Å². The smallest absolute Gasteiger partial charge is 0.225 e. The van der Waals surface area contributed by atoms with E-state index < -0.39 is 0 Å². The van der Waals surface area contributed by atoms with Gasteiger partial charge in [0.05, 0.1) is 18.6 Å². The number of rotatable bonds is 6. The molecule has 0 spiro atoms. The lowest BCUT2D eigenvalue weighted by molar-refractivity contribution is -0.126. The molecule has 0 aliphatic carbocycles. The first-order chi connectivity index (χ1) is 10.8. The van der Waals surface area contributed by atoms with Crippen molar-refractivity contribution in [3.63, 3.8) is 0 Å². The molecule has 5 nitrogen and oxygen atoms in total. The van der Waals surface area contributed by atoms with Crippen LogP contribution in [0.2, 0.25) is 0 Å². The molecule has 128 valence electrons. The molecule has 0 saturated carbocycles. The van der Waals surface area contributed by atoms with Crippen LogP contribution in [0.4, 0.5) is 0 Å². The fourth-order valence-electron chi connectivity index (χ4n) is 2.62. The Balaban J connectivity index is 0.00000192. The maximum absolute atomic E-state index is 11.8. The molecule has 2 heterocycles. The SMILES string of the molecule is Cl.O=C(NCc1ccc(COC2CCOCC2)cc1)C1CNC1. The average Bonchev–Trinajstić information content (AvgIpc) is 2.51. The maximum Gasteiger partial charge on any atom is 0.225 e. The molecule has 0 unspecified atom stereocenters. The van der Waals surface area contributed by atoms with Gasteiger partial charge in [0.1, 0.15) is 0 Å². The Bertz CT molecular complexity index is 485. The molecular formula is C17H25ClN2O3. The summed E-state index contributed by atoms with van der Waals surface area (Å²) in [5, 5.41) is 6.09. The highest BCUT2D eigenvalue weighted by Crippen LogP contribution is 2.14. The van der Waals surface area contributed by atoms with Crippen molar-refractivity contribution < 1.29 is 14.3 Å². The van der Waals surface area contributed by atoms with Crippen LogP contribution < -0.4 is 10.6 Å². The minimum atomic E-state index is 0. The summed E-state index contributed by atoms with van der Waals surface area (Å²) >= 11 is 0. The topological polar surface area (TPSA) is 59.6 Å². The van der Waals surface area contributed by atoms with E-state index in [1.54, 1.807) is 0 Å². The van der Waals surface area contributed by atoms with Gasteiger partial charge in [0.2, 0.25) is 5.91 Å². The fraction of sp³-hybridized carbons (Fsp3) is 0.588. The van der Waals surface area contributed by atoms with Crippen LogP contribution in [-0.4, -0.2) is 38.3 Å². The average molecular weight is 341 g/mol. The zero-order valence-corrected chi connectivity index (χ0v) is 14.1. The second-order valence-corrected chi connectivity index (χ2v) is 6.01. The third kappa shape index (κ3) is 5.46. The fourth-order valence-corrected chi connectivity index (χ4v) is 2.62. The van der Waals surface area contributed by atoms with Gasteiger partial charge in [0.25, 0.3) is 0 Å². The van der Waals surface area contributed by atoms with Gasteiger partial charge in [0, 0.05) is 32.8 Å². The molecule has 0 aromatic heterocycles. The van der Waals surface area contributed by atoms with Gasteiger partial charge in [-0.05, 0) is 24.0 Å². The van der Waals surface area contributed by atoms with Crippen molar-refractivity contribution in [2.45, 2.75) is 32.1 Å². The standard InChI is InChI=1S/C17H24N2O3.ClH/c20-17(15-10-18-11-15)19-9-13-1-3-14(4-2-13)12-22-16-5-7-21-8-6-16;/h1-4,15-16,18H,5-12H2,(H,19,20);1H. The molecule has 0 bridgehead atoms. The predicted octanol–water partition coefficient (Wildman–Crippen LogP) is 1.64. The first kappa shape index (κ1) is 18.2. The normalized spacial score (nSPS) is 18.8. The van der Waals surface area contributed by atoms with Crippen LogP contribution in [0.1, 0.15) is 24.0 Å². The molecule has 1 amide bonds. The van der Waals surface area contributed by atoms with Crippen molar-refractivity contribution in [1.82, 2.24) is 10.6 Å². The number of carbonyl (C=O) groups excluding carboxylic acids is 1. The van der Waals surface area contributed by atoms with Crippen LogP contribution in [0.3, 0.4) is 0 Å². The molecule has 0 atom stereocenters. The van der Waals surface area contributed by atoms with Crippen LogP contribution in [0, 0.1) is 5.92 Å². The summed E-state index contributed by atoms with van der Waals surface area (Å²) in [6.45, 7) is 4.45. The lowest BCUT2D eigenvalue weighted by Crippen LogP contribution is -2.50. The first-order valence-electron chi connectivity index (χ1n) is 8.07. The third-order valence-corrected chi connectivity index (χ3v) is 4.30. The molecule has 2 aliphatic rings. The summed E-state index contributed by atoms with van der Waals surface area (Å²) in [5.41, 5.74) is 2.29. The lowest BCUT2D eigenvalue weighted by atomic mass is 10.0. The van der Waals surface area contributed by atoms with E-state index in [-0.39, 0.29) is 24.2 Å². The van der Waals surface area contributed by atoms with E-state index in [4.69, 9.17) is 9.47 Å². The Labute approximate surface area is 143 Å². The van der Waals surface area contributed by atoms with Crippen molar-refractivity contribution in [3.8, 4) is 0 Å². The Kier molecular flexibility index (Phi) is 7.30. The molecule has 23 heavy (non-hydrogen) atoms. The second-order valence-electron chi connectivity index (χ2n) is 6.01. The number of amides is 1. The Morgan fingerprint density at radius 1 is 1.17 bits per heavy atom. The quantitative estimate of drug-likeness (QED) is 0.826. The van der Waals surface area contributed by atoms with Crippen molar-refractivity contribution in [3.05, 3.63) is 35.4 Å². The van der Waals surface area contributed by atoms with E-state index in [2.05, 4.69) is 34.9 Å². The van der Waals surface area contributed by atoms with Crippen molar-refractivity contribution >= 4 is 18.3 Å². The Morgan fingerprint density at radius 2 is 1.83 bits per heavy atom. The van der Waals surface area contributed by atoms with E-state index in [0.29, 0.717) is 19.3 Å². The summed E-state index contributed by atoms with van der Waals surface area (Å²) < 4.78 is 11.2. The van der Waals surface area contributed by atoms with E-state index in [0.717, 1.165) is 44.7 Å². The molecular weight excluding hydrogens is 316 g/mol. The van der Waals surface area contributed by atoms with Gasteiger partial charge in [-0.15, -0.1) is 12.4 Å². The monoisotopic (exact) mass is 340 g/mol. The molecule has 1 aromatic carbocycles. The van der Waals surface area contributed by atoms with Gasteiger partial charge < -0.3 is 20.1 Å². The van der Waals surface area contributed by atoms with Crippen LogP contribution in [0.5, 0.6) is 0 Å². The highest BCUT2D eigenvalue weighted by Gasteiger charge is 2.24. The number of halogens is 1. The van der Waals surface area contributed by atoms with Crippen molar-refractivity contribution in [2.75, 3.05) is 26.3 Å². The minimum Gasteiger partial charge on any atom is -0.381 e. The van der Waals surface area contributed by atoms with Crippen molar-refractivity contribution in [2.24, 2.45) is 5.92 Å². The summed E-state index contributed by atoms with van der Waals surface area (Å²) in [7, 11) is 0. The zero-order valence-electron chi connectivity index (χ0n) is 13.3. The largest absolute Gasteiger partial charge is 0.381 e. The molecule has 2 aliphatic heterocycles. The second kappa shape index (κ2) is 9.23.